The number of hydrogen-bond donors (Lipinski definition) is 2. The summed E-state index contributed by atoms with van der Waals surface area (Å²) in [5.74, 6) is 0.926. The second-order valence-corrected chi connectivity index (χ2v) is 5.11. The van der Waals surface area contributed by atoms with Crippen LogP contribution in [0.3, 0.4) is 0 Å². The van der Waals surface area contributed by atoms with Crippen LogP contribution in [0.25, 0.3) is 0 Å². The molecule has 0 spiro atoms. The molecule has 0 aromatic heterocycles. The van der Waals surface area contributed by atoms with Gasteiger partial charge in [0.2, 0.25) is 0 Å². The molecule has 3 nitrogen and oxygen atoms in total. The van der Waals surface area contributed by atoms with Crippen molar-refractivity contribution in [1.29, 1.82) is 0 Å². The summed E-state index contributed by atoms with van der Waals surface area (Å²) in [5.41, 5.74) is 2.40. The standard InChI is InChI=1S/C11H18.CH2O3/c1-11(2)8-10(11)7-9-5-3-4-6-9;2-1(3)4/h7,10H,3-6,8H2,1-2H3;(H2,2,3,4). The first kappa shape index (κ1) is 12.1. The summed E-state index contributed by atoms with van der Waals surface area (Å²) in [5, 5.41) is 13.9. The first-order valence-electron chi connectivity index (χ1n) is 5.53. The molecule has 2 aliphatic carbocycles. The maximum absolute atomic E-state index is 8.56. The molecule has 3 heteroatoms. The quantitative estimate of drug-likeness (QED) is 0.651. The van der Waals surface area contributed by atoms with Crippen LogP contribution >= 0.6 is 0 Å². The molecule has 0 bridgehead atoms. The summed E-state index contributed by atoms with van der Waals surface area (Å²) in [7, 11) is 0. The van der Waals surface area contributed by atoms with Gasteiger partial charge in [0.25, 0.3) is 0 Å². The van der Waals surface area contributed by atoms with Gasteiger partial charge in [-0.2, -0.15) is 0 Å². The van der Waals surface area contributed by atoms with Gasteiger partial charge in [-0.05, 0) is 43.4 Å². The molecule has 2 saturated carbocycles. The van der Waals surface area contributed by atoms with Crippen molar-refractivity contribution in [3.63, 3.8) is 0 Å². The van der Waals surface area contributed by atoms with Crippen molar-refractivity contribution >= 4 is 6.16 Å². The third kappa shape index (κ3) is 4.36. The number of rotatable bonds is 1. The SMILES string of the molecule is CC1(C)CC1C=C1CCCC1.O=C(O)O. The Balaban J connectivity index is 0.000000245. The lowest BCUT2D eigenvalue weighted by Gasteiger charge is -1.98. The van der Waals surface area contributed by atoms with Gasteiger partial charge >= 0.3 is 6.16 Å². The highest BCUT2D eigenvalue weighted by molar-refractivity contribution is 5.53. The molecule has 15 heavy (non-hydrogen) atoms. The number of allylic oxidation sites excluding steroid dienone is 2. The topological polar surface area (TPSA) is 57.5 Å². The minimum absolute atomic E-state index is 0.648. The highest BCUT2D eigenvalue weighted by atomic mass is 16.6. The maximum atomic E-state index is 8.56. The third-order valence-corrected chi connectivity index (χ3v) is 3.27. The van der Waals surface area contributed by atoms with Crippen LogP contribution in [0, 0.1) is 11.3 Å². The Morgan fingerprint density at radius 1 is 1.33 bits per heavy atom. The average Bonchev–Trinajstić information content (AvgIpc) is 2.50. The zero-order chi connectivity index (χ0) is 11.5. The van der Waals surface area contributed by atoms with Gasteiger partial charge in [-0.25, -0.2) is 4.79 Å². The van der Waals surface area contributed by atoms with Crippen molar-refractivity contribution < 1.29 is 15.0 Å². The Bertz CT molecular complexity index is 254. The summed E-state index contributed by atoms with van der Waals surface area (Å²) < 4.78 is 0. The molecular formula is C12H20O3. The highest BCUT2D eigenvalue weighted by Crippen LogP contribution is 2.53. The molecule has 1 unspecified atom stereocenters. The van der Waals surface area contributed by atoms with Gasteiger partial charge in [0.1, 0.15) is 0 Å². The Morgan fingerprint density at radius 3 is 2.07 bits per heavy atom. The van der Waals surface area contributed by atoms with E-state index in [1.54, 1.807) is 5.57 Å². The first-order valence-corrected chi connectivity index (χ1v) is 5.53. The molecule has 1 atom stereocenters. The van der Waals surface area contributed by atoms with E-state index in [0.29, 0.717) is 5.41 Å². The lowest BCUT2D eigenvalue weighted by molar-refractivity contribution is 0.137. The van der Waals surface area contributed by atoms with Crippen LogP contribution in [0.15, 0.2) is 11.6 Å². The molecule has 86 valence electrons. The minimum Gasteiger partial charge on any atom is -0.450 e. The van der Waals surface area contributed by atoms with Crippen molar-refractivity contribution in [3.8, 4) is 0 Å². The highest BCUT2D eigenvalue weighted by Gasteiger charge is 2.43. The van der Waals surface area contributed by atoms with Crippen molar-refractivity contribution in [1.82, 2.24) is 0 Å². The first-order chi connectivity index (χ1) is 6.92. The van der Waals surface area contributed by atoms with E-state index in [-0.39, 0.29) is 0 Å². The normalized spacial score (nSPS) is 26.5. The van der Waals surface area contributed by atoms with E-state index in [9.17, 15) is 0 Å². The Kier molecular flexibility index (Phi) is 3.77. The van der Waals surface area contributed by atoms with E-state index in [2.05, 4.69) is 19.9 Å². The lowest BCUT2D eigenvalue weighted by Crippen LogP contribution is -1.87. The second-order valence-electron chi connectivity index (χ2n) is 5.11. The van der Waals surface area contributed by atoms with Gasteiger partial charge < -0.3 is 10.2 Å². The largest absolute Gasteiger partial charge is 0.503 e. The van der Waals surface area contributed by atoms with E-state index in [4.69, 9.17) is 15.0 Å². The molecule has 0 aliphatic heterocycles. The zero-order valence-electron chi connectivity index (χ0n) is 9.49. The third-order valence-electron chi connectivity index (χ3n) is 3.27. The summed E-state index contributed by atoms with van der Waals surface area (Å²) in [6.07, 6.45) is 7.83. The van der Waals surface area contributed by atoms with Gasteiger partial charge in [0, 0.05) is 0 Å². The lowest BCUT2D eigenvalue weighted by atomic mass is 10.1. The van der Waals surface area contributed by atoms with Gasteiger partial charge in [0.15, 0.2) is 0 Å². The smallest absolute Gasteiger partial charge is 0.450 e. The van der Waals surface area contributed by atoms with E-state index >= 15 is 0 Å². The summed E-state index contributed by atoms with van der Waals surface area (Å²) in [4.78, 5) is 8.56. The van der Waals surface area contributed by atoms with Crippen LogP contribution in [0.5, 0.6) is 0 Å². The fourth-order valence-electron chi connectivity index (χ4n) is 2.07. The molecule has 0 saturated heterocycles. The predicted molar refractivity (Wildman–Crippen MR) is 59.1 cm³/mol. The van der Waals surface area contributed by atoms with E-state index in [1.165, 1.54) is 32.1 Å². The molecule has 2 rings (SSSR count). The van der Waals surface area contributed by atoms with Crippen LogP contribution in [0.1, 0.15) is 46.0 Å². The van der Waals surface area contributed by atoms with Gasteiger partial charge in [-0.3, -0.25) is 0 Å². The molecule has 0 radical (unpaired) electrons. The molecule has 2 N–H and O–H groups in total. The average molecular weight is 212 g/mol. The number of hydrogen-bond acceptors (Lipinski definition) is 1. The molecule has 0 aromatic rings. The van der Waals surface area contributed by atoms with Gasteiger partial charge in [0.05, 0.1) is 0 Å². The van der Waals surface area contributed by atoms with Gasteiger partial charge in [-0.15, -0.1) is 0 Å². The number of carbonyl (C=O) groups is 1. The summed E-state index contributed by atoms with van der Waals surface area (Å²) >= 11 is 0. The van der Waals surface area contributed by atoms with Crippen LogP contribution < -0.4 is 0 Å². The summed E-state index contributed by atoms with van der Waals surface area (Å²) in [6, 6.07) is 0. The second kappa shape index (κ2) is 4.69. The van der Waals surface area contributed by atoms with Crippen LogP contribution in [-0.4, -0.2) is 16.4 Å². The number of carboxylic acid groups (broad SMARTS) is 2. The van der Waals surface area contributed by atoms with Crippen molar-refractivity contribution in [2.24, 2.45) is 11.3 Å². The predicted octanol–water partition coefficient (Wildman–Crippen LogP) is 3.76. The molecule has 2 fully saturated rings. The summed E-state index contributed by atoms with van der Waals surface area (Å²) in [6.45, 7) is 4.76. The zero-order valence-corrected chi connectivity index (χ0v) is 9.49. The molecule has 0 aromatic carbocycles. The fourth-order valence-corrected chi connectivity index (χ4v) is 2.07. The molecule has 2 aliphatic rings. The molecular weight excluding hydrogens is 192 g/mol. The monoisotopic (exact) mass is 212 g/mol. The molecule has 0 heterocycles. The van der Waals surface area contributed by atoms with Crippen molar-refractivity contribution in [2.75, 3.05) is 0 Å². The maximum Gasteiger partial charge on any atom is 0.503 e. The van der Waals surface area contributed by atoms with E-state index in [1.807, 2.05) is 0 Å². The van der Waals surface area contributed by atoms with Gasteiger partial charge in [-0.1, -0.05) is 25.5 Å². The Hall–Kier alpha value is -0.990. The van der Waals surface area contributed by atoms with E-state index in [0.717, 1.165) is 5.92 Å². The van der Waals surface area contributed by atoms with Crippen LogP contribution in [0.4, 0.5) is 4.79 Å². The van der Waals surface area contributed by atoms with Crippen LogP contribution in [0.2, 0.25) is 0 Å². The minimum atomic E-state index is -1.83. The van der Waals surface area contributed by atoms with Crippen LogP contribution in [-0.2, 0) is 0 Å². The Labute approximate surface area is 90.8 Å². The molecule has 0 amide bonds. The van der Waals surface area contributed by atoms with E-state index < -0.39 is 6.16 Å². The van der Waals surface area contributed by atoms with Crippen molar-refractivity contribution in [2.45, 2.75) is 46.0 Å². The Morgan fingerprint density at radius 2 is 1.73 bits per heavy atom. The van der Waals surface area contributed by atoms with Crippen molar-refractivity contribution in [3.05, 3.63) is 11.6 Å². The fraction of sp³-hybridized carbons (Fsp3) is 0.750.